The van der Waals surface area contributed by atoms with Gasteiger partial charge in [0.1, 0.15) is 29.7 Å². The Morgan fingerprint density at radius 3 is 2.21 bits per heavy atom. The third kappa shape index (κ3) is 7.11. The van der Waals surface area contributed by atoms with E-state index in [1.807, 2.05) is 48.5 Å². The predicted molar refractivity (Wildman–Crippen MR) is 151 cm³/mol. The van der Waals surface area contributed by atoms with Gasteiger partial charge in [0.2, 0.25) is 0 Å². The first-order valence-electron chi connectivity index (χ1n) is 12.4. The highest BCUT2D eigenvalue weighted by Crippen LogP contribution is 2.25. The zero-order valence-electron chi connectivity index (χ0n) is 21.8. The van der Waals surface area contributed by atoms with Gasteiger partial charge in [0.05, 0.1) is 7.11 Å². The zero-order chi connectivity index (χ0) is 26.9. The molecule has 5 heteroatoms. The number of hydrogen-bond acceptors (Lipinski definition) is 4. The second-order valence-electron chi connectivity index (χ2n) is 9.16. The van der Waals surface area contributed by atoms with E-state index in [1.54, 1.807) is 37.5 Å². The van der Waals surface area contributed by atoms with E-state index in [9.17, 15) is 10.1 Å². The van der Waals surface area contributed by atoms with Crippen LogP contribution in [0.1, 0.15) is 33.4 Å². The smallest absolute Gasteiger partial charge is 0.266 e. The first-order chi connectivity index (χ1) is 18.4. The lowest BCUT2D eigenvalue weighted by Gasteiger charge is -2.12. The summed E-state index contributed by atoms with van der Waals surface area (Å²) in [6.07, 6.45) is 2.28. The molecule has 0 aromatic heterocycles. The van der Waals surface area contributed by atoms with Crippen molar-refractivity contribution in [2.75, 3.05) is 12.4 Å². The molecule has 0 aliphatic rings. The van der Waals surface area contributed by atoms with Crippen molar-refractivity contribution in [1.82, 2.24) is 0 Å². The van der Waals surface area contributed by atoms with Gasteiger partial charge in [-0.1, -0.05) is 65.7 Å². The first kappa shape index (κ1) is 26.2. The Balaban J connectivity index is 1.49. The minimum atomic E-state index is -0.473. The molecule has 0 unspecified atom stereocenters. The second-order valence-corrected chi connectivity index (χ2v) is 9.16. The van der Waals surface area contributed by atoms with Crippen LogP contribution in [0.2, 0.25) is 0 Å². The summed E-state index contributed by atoms with van der Waals surface area (Å²) in [5.41, 5.74) is 6.96. The van der Waals surface area contributed by atoms with Gasteiger partial charge in [-0.15, -0.1) is 0 Å². The number of aryl methyl sites for hydroxylation is 2. The number of nitrogens with zero attached hydrogens (tertiary/aromatic N) is 1. The minimum absolute atomic E-state index is 0.0150. The molecule has 0 saturated heterocycles. The molecule has 5 nitrogen and oxygen atoms in total. The molecule has 0 atom stereocenters. The van der Waals surface area contributed by atoms with E-state index < -0.39 is 5.91 Å². The van der Waals surface area contributed by atoms with E-state index >= 15 is 0 Å². The minimum Gasteiger partial charge on any atom is -0.497 e. The van der Waals surface area contributed by atoms with Crippen molar-refractivity contribution in [1.29, 1.82) is 5.26 Å². The fraction of sp³-hybridized carbons (Fsp3) is 0.152. The number of rotatable bonds is 9. The van der Waals surface area contributed by atoms with E-state index in [-0.39, 0.29) is 5.57 Å². The molecule has 4 aromatic carbocycles. The van der Waals surface area contributed by atoms with Crippen LogP contribution in [0.5, 0.6) is 11.5 Å². The van der Waals surface area contributed by atoms with Gasteiger partial charge in [0, 0.05) is 5.69 Å². The number of carbonyl (C=O) groups is 1. The summed E-state index contributed by atoms with van der Waals surface area (Å²) in [6, 6.07) is 31.1. The summed E-state index contributed by atoms with van der Waals surface area (Å²) in [4.78, 5) is 13.0. The number of ether oxygens (including phenoxy) is 2. The summed E-state index contributed by atoms with van der Waals surface area (Å²) in [7, 11) is 1.62. The number of carbonyl (C=O) groups excluding carboxylic acids is 1. The lowest BCUT2D eigenvalue weighted by Crippen LogP contribution is -2.13. The lowest BCUT2D eigenvalue weighted by molar-refractivity contribution is -0.112. The van der Waals surface area contributed by atoms with Gasteiger partial charge in [0.15, 0.2) is 0 Å². The van der Waals surface area contributed by atoms with E-state index in [1.165, 1.54) is 11.1 Å². The Labute approximate surface area is 224 Å². The molecule has 4 aromatic rings. The maximum atomic E-state index is 13.0. The Bertz CT molecular complexity index is 1460. The number of anilines is 1. The molecule has 0 saturated carbocycles. The molecule has 0 aliphatic carbocycles. The fourth-order valence-corrected chi connectivity index (χ4v) is 4.27. The van der Waals surface area contributed by atoms with Gasteiger partial charge < -0.3 is 14.8 Å². The van der Waals surface area contributed by atoms with Crippen LogP contribution in [-0.2, 0) is 17.8 Å². The predicted octanol–water partition coefficient (Wildman–Crippen LogP) is 7.03. The maximum absolute atomic E-state index is 13.0. The Hall–Kier alpha value is -4.82. The van der Waals surface area contributed by atoms with Crippen LogP contribution in [0.25, 0.3) is 6.08 Å². The van der Waals surface area contributed by atoms with Crippen molar-refractivity contribution in [3.63, 3.8) is 0 Å². The third-order valence-electron chi connectivity index (χ3n) is 6.05. The average molecular weight is 503 g/mol. The van der Waals surface area contributed by atoms with E-state index in [0.29, 0.717) is 24.5 Å². The first-order valence-corrected chi connectivity index (χ1v) is 12.4. The van der Waals surface area contributed by atoms with Crippen molar-refractivity contribution in [3.8, 4) is 17.6 Å². The molecule has 1 amide bonds. The molecule has 0 bridgehead atoms. The normalized spacial score (nSPS) is 10.9. The van der Waals surface area contributed by atoms with E-state index in [0.717, 1.165) is 28.0 Å². The van der Waals surface area contributed by atoms with Crippen molar-refractivity contribution in [2.45, 2.75) is 26.9 Å². The van der Waals surface area contributed by atoms with Gasteiger partial charge in [-0.05, 0) is 85.0 Å². The number of methoxy groups -OCH3 is 1. The van der Waals surface area contributed by atoms with Crippen LogP contribution < -0.4 is 14.8 Å². The average Bonchev–Trinajstić information content (AvgIpc) is 2.92. The number of nitrogens with one attached hydrogen (secondary N) is 1. The summed E-state index contributed by atoms with van der Waals surface area (Å²) < 4.78 is 11.2. The van der Waals surface area contributed by atoms with Crippen LogP contribution in [0, 0.1) is 25.2 Å². The molecule has 4 rings (SSSR count). The summed E-state index contributed by atoms with van der Waals surface area (Å²) in [6.45, 7) is 4.60. The second kappa shape index (κ2) is 12.4. The third-order valence-corrected chi connectivity index (χ3v) is 6.05. The van der Waals surface area contributed by atoms with E-state index in [4.69, 9.17) is 9.47 Å². The van der Waals surface area contributed by atoms with Crippen molar-refractivity contribution >= 4 is 17.7 Å². The molecule has 0 aliphatic heterocycles. The van der Waals surface area contributed by atoms with Gasteiger partial charge in [-0.3, -0.25) is 4.79 Å². The lowest BCUT2D eigenvalue weighted by atomic mass is 9.96. The molecule has 0 heterocycles. The standard InChI is InChI=1S/C33H30N2O3/c1-23-15-24(2)17-26(16-23)18-28-20-32(37-3)12-9-27(28)19-29(21-34)33(36)35-30-10-13-31(14-11-30)38-22-25-7-5-4-6-8-25/h4-17,19-20H,18,22H2,1-3H3,(H,35,36)/b29-19+. The highest BCUT2D eigenvalue weighted by Gasteiger charge is 2.13. The Morgan fingerprint density at radius 1 is 0.868 bits per heavy atom. The maximum Gasteiger partial charge on any atom is 0.266 e. The summed E-state index contributed by atoms with van der Waals surface area (Å²) in [5.74, 6) is 0.940. The van der Waals surface area contributed by atoms with Gasteiger partial charge in [0.25, 0.3) is 5.91 Å². The molecule has 0 radical (unpaired) electrons. The van der Waals surface area contributed by atoms with Crippen molar-refractivity contribution in [3.05, 3.63) is 130 Å². The molecule has 0 spiro atoms. The molecule has 1 N–H and O–H groups in total. The highest BCUT2D eigenvalue weighted by molar-refractivity contribution is 6.09. The van der Waals surface area contributed by atoms with Crippen LogP contribution in [-0.4, -0.2) is 13.0 Å². The van der Waals surface area contributed by atoms with Gasteiger partial charge in [-0.2, -0.15) is 5.26 Å². The molecule has 0 fully saturated rings. The highest BCUT2D eigenvalue weighted by atomic mass is 16.5. The molecule has 38 heavy (non-hydrogen) atoms. The SMILES string of the molecule is COc1ccc(/C=C(\C#N)C(=O)Nc2ccc(OCc3ccccc3)cc2)c(Cc2cc(C)cc(C)c2)c1. The monoisotopic (exact) mass is 502 g/mol. The molecular weight excluding hydrogens is 472 g/mol. The number of hydrogen-bond donors (Lipinski definition) is 1. The quantitative estimate of drug-likeness (QED) is 0.197. The Kier molecular flexibility index (Phi) is 8.58. The molecule has 190 valence electrons. The van der Waals surface area contributed by atoms with Crippen LogP contribution in [0.15, 0.2) is 96.6 Å². The van der Waals surface area contributed by atoms with Crippen LogP contribution in [0.3, 0.4) is 0 Å². The van der Waals surface area contributed by atoms with Crippen LogP contribution >= 0.6 is 0 Å². The van der Waals surface area contributed by atoms with Gasteiger partial charge in [-0.25, -0.2) is 0 Å². The zero-order valence-corrected chi connectivity index (χ0v) is 21.8. The Morgan fingerprint density at radius 2 is 1.55 bits per heavy atom. The summed E-state index contributed by atoms with van der Waals surface area (Å²) >= 11 is 0. The topological polar surface area (TPSA) is 71.3 Å². The van der Waals surface area contributed by atoms with Crippen LogP contribution in [0.4, 0.5) is 5.69 Å². The van der Waals surface area contributed by atoms with Crippen molar-refractivity contribution < 1.29 is 14.3 Å². The van der Waals surface area contributed by atoms with Crippen molar-refractivity contribution in [2.24, 2.45) is 0 Å². The fourth-order valence-electron chi connectivity index (χ4n) is 4.27. The number of amides is 1. The largest absolute Gasteiger partial charge is 0.497 e. The summed E-state index contributed by atoms with van der Waals surface area (Å²) in [5, 5.41) is 12.6. The number of nitriles is 1. The van der Waals surface area contributed by atoms with E-state index in [2.05, 4.69) is 43.4 Å². The molecular formula is C33H30N2O3. The van der Waals surface area contributed by atoms with Gasteiger partial charge >= 0.3 is 0 Å². The number of benzene rings is 4.